The van der Waals surface area contributed by atoms with Crippen LogP contribution >= 0.6 is 0 Å². The van der Waals surface area contributed by atoms with Gasteiger partial charge in [-0.1, -0.05) is 12.1 Å². The summed E-state index contributed by atoms with van der Waals surface area (Å²) in [4.78, 5) is 15.0. The maximum atomic E-state index is 13.5. The third-order valence-electron chi connectivity index (χ3n) is 7.61. The zero-order valence-electron chi connectivity index (χ0n) is 25.5. The van der Waals surface area contributed by atoms with Crippen LogP contribution in [0.1, 0.15) is 30.9 Å². The molecule has 0 saturated carbocycles. The van der Waals surface area contributed by atoms with Gasteiger partial charge in [-0.3, -0.25) is 9.52 Å². The lowest BCUT2D eigenvalue weighted by molar-refractivity contribution is -0.134. The number of aliphatic hydroxyl groups is 1. The van der Waals surface area contributed by atoms with Gasteiger partial charge in [0, 0.05) is 30.8 Å². The second kappa shape index (κ2) is 13.1. The number of carbonyl (C=O) groups excluding carboxylic acids is 1. The van der Waals surface area contributed by atoms with Crippen LogP contribution < -0.4 is 14.2 Å². The number of aliphatic hydroxyl groups excluding tert-OH is 1. The Morgan fingerprint density at radius 3 is 2.43 bits per heavy atom. The van der Waals surface area contributed by atoms with Crippen molar-refractivity contribution < 1.29 is 40.7 Å². The number of rotatable bonds is 10. The van der Waals surface area contributed by atoms with Gasteiger partial charge >= 0.3 is 0 Å². The summed E-state index contributed by atoms with van der Waals surface area (Å²) in [5, 5.41) is 13.7. The van der Waals surface area contributed by atoms with Gasteiger partial charge < -0.3 is 24.0 Å². The maximum Gasteiger partial charge on any atom is 0.261 e. The lowest BCUT2D eigenvalue weighted by Gasteiger charge is -2.33. The Morgan fingerprint density at radius 2 is 1.84 bits per heavy atom. The summed E-state index contributed by atoms with van der Waals surface area (Å²) in [5.41, 5.74) is 0.844. The number of aryl methyl sites for hydroxylation is 2. The van der Waals surface area contributed by atoms with Crippen LogP contribution in [0.25, 0.3) is 0 Å². The number of hydrogen-bond acceptors (Lipinski definition) is 10. The third-order valence-corrected chi connectivity index (χ3v) is 11.1. The highest BCUT2D eigenvalue weighted by Gasteiger charge is 2.35. The minimum Gasteiger partial charge on any atom is -0.497 e. The van der Waals surface area contributed by atoms with Gasteiger partial charge in [-0.05, 0) is 63.2 Å². The van der Waals surface area contributed by atoms with Gasteiger partial charge in [0.25, 0.3) is 10.0 Å². The van der Waals surface area contributed by atoms with Gasteiger partial charge in [0.1, 0.15) is 28.2 Å². The standard InChI is InChI=1S/C29H38N4O9S2/c1-18-15-33(19(2)17-34)28(35)14-22-13-23(31-43(36,37)25-10-8-24(40-6)9-11-25)7-12-26(22)41-27(18)16-32(5)44(38,39)29-20(3)30-42-21(29)4/h7-13,18-19,27,31,34H,14-17H2,1-6H3/t18-,19-,27+/m1/s1. The first-order valence-corrected chi connectivity index (χ1v) is 16.9. The lowest BCUT2D eigenvalue weighted by Crippen LogP contribution is -2.48. The summed E-state index contributed by atoms with van der Waals surface area (Å²) in [7, 11) is -5.06. The van der Waals surface area contributed by atoms with Crippen LogP contribution in [0, 0.1) is 19.8 Å². The Bertz CT molecular complexity index is 1690. The van der Waals surface area contributed by atoms with Gasteiger partial charge in [0.2, 0.25) is 15.9 Å². The summed E-state index contributed by atoms with van der Waals surface area (Å²) in [6.07, 6.45) is -0.861. The molecule has 0 spiro atoms. The number of hydrogen-bond donors (Lipinski definition) is 2. The Morgan fingerprint density at radius 1 is 1.16 bits per heavy atom. The van der Waals surface area contributed by atoms with Gasteiger partial charge in [0.15, 0.2) is 5.76 Å². The number of benzene rings is 2. The highest BCUT2D eigenvalue weighted by molar-refractivity contribution is 7.92. The SMILES string of the molecule is COc1ccc(S(=O)(=O)Nc2ccc3c(c2)CC(=O)N([C@H](C)CO)C[C@@H](C)[C@H](CN(C)S(=O)(=O)c2c(C)noc2C)O3)cc1. The molecule has 1 aliphatic heterocycles. The van der Waals surface area contributed by atoms with E-state index < -0.39 is 32.2 Å². The first-order valence-electron chi connectivity index (χ1n) is 13.9. The van der Waals surface area contributed by atoms with Crippen molar-refractivity contribution in [2.45, 2.75) is 56.1 Å². The molecule has 13 nitrogen and oxygen atoms in total. The van der Waals surface area contributed by atoms with Crippen LogP contribution in [-0.4, -0.2) is 88.2 Å². The van der Waals surface area contributed by atoms with Gasteiger partial charge in [-0.25, -0.2) is 16.8 Å². The molecule has 44 heavy (non-hydrogen) atoms. The predicted molar refractivity (Wildman–Crippen MR) is 162 cm³/mol. The number of anilines is 1. The van der Waals surface area contributed by atoms with Crippen LogP contribution in [0.2, 0.25) is 0 Å². The number of sulfonamides is 2. The van der Waals surface area contributed by atoms with Crippen molar-refractivity contribution in [3.05, 3.63) is 59.5 Å². The molecule has 3 atom stereocenters. The zero-order valence-corrected chi connectivity index (χ0v) is 27.1. The first-order chi connectivity index (χ1) is 20.7. The Kier molecular flexibility index (Phi) is 9.93. The number of carbonyl (C=O) groups is 1. The first kappa shape index (κ1) is 33.2. The van der Waals surface area contributed by atoms with E-state index in [0.717, 1.165) is 4.31 Å². The summed E-state index contributed by atoms with van der Waals surface area (Å²) in [6.45, 7) is 6.46. The molecule has 0 bridgehead atoms. The molecule has 0 unspecified atom stereocenters. The van der Waals surface area contributed by atoms with Crippen molar-refractivity contribution in [3.63, 3.8) is 0 Å². The molecule has 240 valence electrons. The Hall–Kier alpha value is -3.66. The summed E-state index contributed by atoms with van der Waals surface area (Å²) in [5.74, 6) is 0.322. The summed E-state index contributed by atoms with van der Waals surface area (Å²) in [6, 6.07) is 9.97. The Balaban J connectivity index is 1.68. The van der Waals surface area contributed by atoms with Crippen LogP contribution in [0.5, 0.6) is 11.5 Å². The quantitative estimate of drug-likeness (QED) is 0.333. The van der Waals surface area contributed by atoms with Crippen molar-refractivity contribution in [2.24, 2.45) is 5.92 Å². The summed E-state index contributed by atoms with van der Waals surface area (Å²) >= 11 is 0. The molecule has 0 saturated heterocycles. The fourth-order valence-electron chi connectivity index (χ4n) is 5.03. The van der Waals surface area contributed by atoms with Crippen LogP contribution in [0.4, 0.5) is 5.69 Å². The molecule has 4 rings (SSSR count). The largest absolute Gasteiger partial charge is 0.497 e. The molecule has 2 N–H and O–H groups in total. The van der Waals surface area contributed by atoms with E-state index in [1.807, 2.05) is 6.92 Å². The average Bonchev–Trinajstić information content (AvgIpc) is 3.34. The van der Waals surface area contributed by atoms with E-state index in [1.165, 1.54) is 62.4 Å². The van der Waals surface area contributed by atoms with Gasteiger partial charge in [-0.15, -0.1) is 0 Å². The third kappa shape index (κ3) is 7.01. The second-order valence-corrected chi connectivity index (χ2v) is 14.6. The number of likely N-dealkylation sites (N-methyl/N-ethyl adjacent to an activating group) is 1. The molecule has 1 aromatic heterocycles. The number of ether oxygens (including phenoxy) is 2. The van der Waals surface area contributed by atoms with E-state index in [4.69, 9.17) is 14.0 Å². The van der Waals surface area contributed by atoms with E-state index in [9.17, 15) is 26.7 Å². The average molecular weight is 651 g/mol. The fraction of sp³-hybridized carbons (Fsp3) is 0.448. The minimum atomic E-state index is -4.00. The molecule has 0 radical (unpaired) electrons. The molecule has 15 heteroatoms. The van der Waals surface area contributed by atoms with Gasteiger partial charge in [0.05, 0.1) is 37.6 Å². The molecule has 1 amide bonds. The van der Waals surface area contributed by atoms with E-state index >= 15 is 0 Å². The zero-order chi connectivity index (χ0) is 32.4. The van der Waals surface area contributed by atoms with Crippen LogP contribution in [-0.2, 0) is 31.3 Å². The van der Waals surface area contributed by atoms with Crippen molar-refractivity contribution in [1.82, 2.24) is 14.4 Å². The maximum absolute atomic E-state index is 13.5. The minimum absolute atomic E-state index is 0.0180. The van der Waals surface area contributed by atoms with Crippen molar-refractivity contribution in [3.8, 4) is 11.5 Å². The normalized spacial score (nSPS) is 18.5. The van der Waals surface area contributed by atoms with Gasteiger partial charge in [-0.2, -0.15) is 4.31 Å². The number of aromatic nitrogens is 1. The van der Waals surface area contributed by atoms with Crippen molar-refractivity contribution >= 4 is 31.6 Å². The predicted octanol–water partition coefficient (Wildman–Crippen LogP) is 2.57. The van der Waals surface area contributed by atoms with E-state index in [1.54, 1.807) is 19.9 Å². The van der Waals surface area contributed by atoms with E-state index in [-0.39, 0.29) is 64.9 Å². The molecule has 3 aromatic rings. The van der Waals surface area contributed by atoms with Crippen LogP contribution in [0.15, 0.2) is 56.8 Å². The molecule has 0 fully saturated rings. The molecule has 0 aliphatic carbocycles. The molecule has 2 aromatic carbocycles. The topological polar surface area (TPSA) is 169 Å². The lowest BCUT2D eigenvalue weighted by atomic mass is 10.0. The highest BCUT2D eigenvalue weighted by atomic mass is 32.2. The number of nitrogens with zero attached hydrogens (tertiary/aromatic N) is 3. The Labute approximate surface area is 257 Å². The smallest absolute Gasteiger partial charge is 0.261 e. The monoisotopic (exact) mass is 650 g/mol. The summed E-state index contributed by atoms with van der Waals surface area (Å²) < 4.78 is 73.4. The molecule has 2 heterocycles. The highest BCUT2D eigenvalue weighted by Crippen LogP contribution is 2.31. The molecular weight excluding hydrogens is 612 g/mol. The number of methoxy groups -OCH3 is 1. The molecular formula is C29H38N4O9S2. The number of fused-ring (bicyclic) bond motifs is 1. The van der Waals surface area contributed by atoms with E-state index in [0.29, 0.717) is 17.1 Å². The van der Waals surface area contributed by atoms with Crippen molar-refractivity contribution in [2.75, 3.05) is 38.6 Å². The number of amides is 1. The number of nitrogens with one attached hydrogen (secondary N) is 1. The molecule has 1 aliphatic rings. The van der Waals surface area contributed by atoms with E-state index in [2.05, 4.69) is 9.88 Å². The van der Waals surface area contributed by atoms with Crippen LogP contribution in [0.3, 0.4) is 0 Å². The van der Waals surface area contributed by atoms with Crippen molar-refractivity contribution in [1.29, 1.82) is 0 Å². The second-order valence-electron chi connectivity index (χ2n) is 10.9. The fourth-order valence-corrected chi connectivity index (χ4v) is 7.55.